The van der Waals surface area contributed by atoms with Crippen molar-refractivity contribution in [3.63, 3.8) is 0 Å². The van der Waals surface area contributed by atoms with Gasteiger partial charge in [0.15, 0.2) is 22.0 Å². The van der Waals surface area contributed by atoms with Crippen LogP contribution in [0.2, 0.25) is 0 Å². The first kappa shape index (κ1) is 39.5. The molecule has 0 saturated heterocycles. The molecule has 0 radical (unpaired) electrons. The van der Waals surface area contributed by atoms with Crippen LogP contribution in [0.3, 0.4) is 0 Å². The minimum Gasteiger partial charge on any atom is -0.327 e. The molecule has 1 aliphatic rings. The number of nitrogens with zero attached hydrogens (tertiary/aromatic N) is 6. The number of amidine groups is 2. The van der Waals surface area contributed by atoms with E-state index in [2.05, 4.69) is 205 Å². The van der Waals surface area contributed by atoms with Crippen molar-refractivity contribution in [2.45, 2.75) is 33.1 Å². The van der Waals surface area contributed by atoms with Crippen molar-refractivity contribution in [1.82, 2.24) is 0 Å². The predicted molar refractivity (Wildman–Crippen MR) is 250 cm³/mol. The second kappa shape index (κ2) is 19.4. The highest BCUT2D eigenvalue weighted by Gasteiger charge is 2.35. The summed E-state index contributed by atoms with van der Waals surface area (Å²) in [6, 6.07) is 59.6. The van der Waals surface area contributed by atoms with E-state index >= 15 is 0 Å². The van der Waals surface area contributed by atoms with E-state index in [1.54, 1.807) is 0 Å². The van der Waals surface area contributed by atoms with Crippen molar-refractivity contribution in [3.05, 3.63) is 193 Å². The van der Waals surface area contributed by atoms with Crippen LogP contribution in [0.15, 0.2) is 191 Å². The summed E-state index contributed by atoms with van der Waals surface area (Å²) < 4.78 is 0. The van der Waals surface area contributed by atoms with E-state index < -0.39 is 0 Å². The Kier molecular flexibility index (Phi) is 13.5. The van der Waals surface area contributed by atoms with Crippen molar-refractivity contribution in [1.29, 1.82) is 0 Å². The van der Waals surface area contributed by atoms with Gasteiger partial charge in [-0.15, -0.1) is 0 Å². The van der Waals surface area contributed by atoms with Gasteiger partial charge in [0.1, 0.15) is 0 Å². The van der Waals surface area contributed by atoms with Gasteiger partial charge in [-0.05, 0) is 99.5 Å². The number of benzene rings is 6. The zero-order valence-corrected chi connectivity index (χ0v) is 34.8. The molecule has 0 aliphatic carbocycles. The van der Waals surface area contributed by atoms with Gasteiger partial charge in [-0.1, -0.05) is 138 Å². The predicted octanol–water partition coefficient (Wildman–Crippen LogP) is 13.0. The number of anilines is 4. The van der Waals surface area contributed by atoms with Crippen molar-refractivity contribution < 1.29 is 0 Å². The van der Waals surface area contributed by atoms with Crippen LogP contribution in [0.4, 0.5) is 34.1 Å². The highest BCUT2D eigenvalue weighted by atomic mass is 32.2. The Bertz CT molecular complexity index is 2100. The molecule has 0 bridgehead atoms. The Labute approximate surface area is 347 Å². The third-order valence-electron chi connectivity index (χ3n) is 9.73. The zero-order chi connectivity index (χ0) is 39.4. The molecule has 1 aliphatic heterocycles. The van der Waals surface area contributed by atoms with Gasteiger partial charge >= 0.3 is 0 Å². The smallest absolute Gasteiger partial charge is 0.174 e. The average Bonchev–Trinajstić information content (AvgIpc) is 3.26. The van der Waals surface area contributed by atoms with Crippen LogP contribution in [0.25, 0.3) is 0 Å². The molecule has 0 amide bonds. The third kappa shape index (κ3) is 10.0. The molecule has 57 heavy (non-hydrogen) atoms. The fraction of sp³-hybridized carbons (Fsp3) is 0.184. The van der Waals surface area contributed by atoms with Crippen LogP contribution in [0, 0.1) is 13.8 Å². The van der Waals surface area contributed by atoms with E-state index in [4.69, 9.17) is 9.98 Å². The Balaban J connectivity index is 1.66. The summed E-state index contributed by atoms with van der Waals surface area (Å²) in [5.74, 6) is 3.69. The summed E-state index contributed by atoms with van der Waals surface area (Å²) in [6.07, 6.45) is 3.24. The van der Waals surface area contributed by atoms with Crippen molar-refractivity contribution in [2.24, 2.45) is 9.98 Å². The van der Waals surface area contributed by atoms with Gasteiger partial charge in [0.2, 0.25) is 0 Å². The minimum atomic E-state index is 0.888. The first-order valence-electron chi connectivity index (χ1n) is 19.5. The number of hydrogen-bond acceptors (Lipinski definition) is 6. The summed E-state index contributed by atoms with van der Waals surface area (Å²) in [7, 11) is 4.34. The fourth-order valence-electron chi connectivity index (χ4n) is 6.61. The van der Waals surface area contributed by atoms with Gasteiger partial charge in [0.25, 0.3) is 0 Å². The number of rotatable bonds is 8. The molecule has 0 aromatic heterocycles. The molecule has 0 spiro atoms. The lowest BCUT2D eigenvalue weighted by Crippen LogP contribution is -2.46. The van der Waals surface area contributed by atoms with E-state index in [1.165, 1.54) is 11.1 Å². The summed E-state index contributed by atoms with van der Waals surface area (Å²) >= 11 is 3.63. The molecule has 6 aromatic rings. The SMILES string of the molecule is Cc1ccc(N2C(=Nc3ccccc3)SCCCCCSC(=Nc3ccccc3)N(c3ccc(C)cc3)/C(N(C)c3ccccc3)=C\2N(C)c2ccccc2)cc1. The van der Waals surface area contributed by atoms with Gasteiger partial charge in [-0.25, -0.2) is 9.98 Å². The summed E-state index contributed by atoms with van der Waals surface area (Å²) in [6.45, 7) is 4.28. The Morgan fingerprint density at radius 3 is 1.11 bits per heavy atom. The standard InChI is InChI=1S/C49H50N6S2/c1-38-28-32-44(33-29-38)54-46(52(3)42-24-14-7-15-25-42)47(53(4)43-26-16-8-17-27-43)55(45-34-30-39(2)31-35-45)49(51-41-22-12-6-13-23-41)57-37-19-9-18-36-56-48(54)50-40-20-10-5-11-21-40/h5-8,10-17,20-35H,9,18-19,36-37H2,1-4H3/b47-46-,50-48?,51-49?. The number of aryl methyl sites for hydroxylation is 2. The molecule has 0 fully saturated rings. The van der Waals surface area contributed by atoms with Crippen molar-refractivity contribution in [3.8, 4) is 0 Å². The summed E-state index contributed by atoms with van der Waals surface area (Å²) in [5, 5.41) is 1.78. The second-order valence-electron chi connectivity index (χ2n) is 14.0. The fourth-order valence-corrected chi connectivity index (χ4v) is 8.65. The largest absolute Gasteiger partial charge is 0.327 e. The third-order valence-corrected chi connectivity index (χ3v) is 11.8. The number of aliphatic imine (C=N–C) groups is 2. The topological polar surface area (TPSA) is 37.7 Å². The highest BCUT2D eigenvalue weighted by Crippen LogP contribution is 2.39. The van der Waals surface area contributed by atoms with E-state index in [-0.39, 0.29) is 0 Å². The lowest BCUT2D eigenvalue weighted by Gasteiger charge is -2.42. The number of hydrogen-bond donors (Lipinski definition) is 0. The maximum Gasteiger partial charge on any atom is 0.174 e. The molecular formula is C49H50N6S2. The molecule has 0 N–H and O–H groups in total. The van der Waals surface area contributed by atoms with E-state index in [1.807, 2.05) is 35.7 Å². The molecule has 1 heterocycles. The quantitative estimate of drug-likeness (QED) is 0.153. The van der Waals surface area contributed by atoms with E-state index in [0.29, 0.717) is 0 Å². The van der Waals surface area contributed by atoms with Crippen molar-refractivity contribution in [2.75, 3.05) is 45.2 Å². The van der Waals surface area contributed by atoms with Gasteiger partial charge < -0.3 is 9.80 Å². The van der Waals surface area contributed by atoms with Gasteiger partial charge in [-0.3, -0.25) is 9.80 Å². The average molecular weight is 787 g/mol. The molecule has 6 aromatic carbocycles. The normalized spacial score (nSPS) is 17.1. The first-order chi connectivity index (χ1) is 28.0. The Morgan fingerprint density at radius 2 is 0.754 bits per heavy atom. The van der Waals surface area contributed by atoms with Crippen LogP contribution < -0.4 is 19.6 Å². The van der Waals surface area contributed by atoms with Gasteiger partial charge in [-0.2, -0.15) is 0 Å². The molecule has 288 valence electrons. The molecule has 6 nitrogen and oxygen atoms in total. The maximum absolute atomic E-state index is 5.51. The van der Waals surface area contributed by atoms with Crippen molar-refractivity contribution >= 4 is 68.0 Å². The van der Waals surface area contributed by atoms with Crippen LogP contribution in [-0.2, 0) is 0 Å². The van der Waals surface area contributed by atoms with Crippen LogP contribution >= 0.6 is 23.5 Å². The summed E-state index contributed by atoms with van der Waals surface area (Å²) in [4.78, 5) is 20.4. The van der Waals surface area contributed by atoms with Crippen LogP contribution in [0.1, 0.15) is 30.4 Å². The summed E-state index contributed by atoms with van der Waals surface area (Å²) in [5.41, 5.74) is 8.27. The lowest BCUT2D eigenvalue weighted by molar-refractivity contribution is 0.787. The zero-order valence-electron chi connectivity index (χ0n) is 33.2. The van der Waals surface area contributed by atoms with Gasteiger partial charge in [0.05, 0.1) is 11.4 Å². The lowest BCUT2D eigenvalue weighted by atomic mass is 10.2. The maximum atomic E-state index is 5.51. The molecule has 7 rings (SSSR count). The highest BCUT2D eigenvalue weighted by molar-refractivity contribution is 8.14. The van der Waals surface area contributed by atoms with Gasteiger partial charge in [0, 0.05) is 48.4 Å². The molecular weight excluding hydrogens is 737 g/mol. The Hall–Kier alpha value is -5.70. The number of para-hydroxylation sites is 4. The minimum absolute atomic E-state index is 0.888. The molecule has 0 atom stereocenters. The van der Waals surface area contributed by atoms with E-state index in [9.17, 15) is 0 Å². The molecule has 0 saturated carbocycles. The number of thioether (sulfide) groups is 2. The van der Waals surface area contributed by atoms with E-state index in [0.717, 1.165) is 86.9 Å². The molecule has 0 unspecified atom stereocenters. The molecule has 8 heteroatoms. The Morgan fingerprint density at radius 1 is 0.421 bits per heavy atom. The van der Waals surface area contributed by atoms with Crippen LogP contribution in [-0.4, -0.2) is 35.9 Å². The monoisotopic (exact) mass is 786 g/mol. The first-order valence-corrected chi connectivity index (χ1v) is 21.5. The second-order valence-corrected chi connectivity index (χ2v) is 16.1. The van der Waals surface area contributed by atoms with Crippen LogP contribution in [0.5, 0.6) is 0 Å².